The van der Waals surface area contributed by atoms with Gasteiger partial charge < -0.3 is 5.73 Å². The van der Waals surface area contributed by atoms with E-state index in [1.165, 1.54) is 0 Å². The van der Waals surface area contributed by atoms with Crippen LogP contribution in [0.4, 0.5) is 11.6 Å². The van der Waals surface area contributed by atoms with Crippen LogP contribution in [-0.4, -0.2) is 75.3 Å². The zero-order chi connectivity index (χ0) is 22.1. The van der Waals surface area contributed by atoms with E-state index in [9.17, 15) is 4.79 Å². The number of fused-ring (bicyclic) bond motifs is 1. The van der Waals surface area contributed by atoms with Crippen LogP contribution in [0.3, 0.4) is 0 Å². The molecule has 5 rings (SSSR count). The molecule has 1 saturated heterocycles. The molecule has 0 spiro atoms. The van der Waals surface area contributed by atoms with Crippen molar-refractivity contribution in [3.63, 3.8) is 0 Å². The van der Waals surface area contributed by atoms with Crippen LogP contribution in [0.5, 0.6) is 0 Å². The molecule has 32 heavy (non-hydrogen) atoms. The summed E-state index contributed by atoms with van der Waals surface area (Å²) in [6.45, 7) is 1.36. The summed E-state index contributed by atoms with van der Waals surface area (Å²) in [5.41, 5.74) is 10.0. The maximum absolute atomic E-state index is 12.9. The number of rotatable bonds is 4. The molecule has 0 saturated carbocycles. The maximum atomic E-state index is 12.9. The van der Waals surface area contributed by atoms with E-state index in [0.29, 0.717) is 23.7 Å². The fraction of sp³-hybridized carbons (Fsp3) is 0.217. The van der Waals surface area contributed by atoms with E-state index in [4.69, 9.17) is 10.7 Å². The SMILES string of the molecule is Nc1ccc(C(=O)N2CCCC(Nc3nccc(-c4[c]([Pb])nn5ccccc45)n3)C2)cc1. The number of nitrogens with two attached hydrogens (primary N) is 1. The summed E-state index contributed by atoms with van der Waals surface area (Å²) in [4.78, 5) is 24.0. The minimum absolute atomic E-state index is 0.0260. The molecule has 4 aromatic rings. The van der Waals surface area contributed by atoms with E-state index >= 15 is 0 Å². The molecule has 9 heteroatoms. The smallest absolute Gasteiger partial charge is 0.0384 e. The molecule has 1 aromatic carbocycles. The molecule has 0 aliphatic carbocycles. The van der Waals surface area contributed by atoms with E-state index in [2.05, 4.69) is 21.5 Å². The van der Waals surface area contributed by atoms with Crippen molar-refractivity contribution in [2.45, 2.75) is 18.9 Å². The van der Waals surface area contributed by atoms with Crippen LogP contribution in [0.15, 0.2) is 60.9 Å². The van der Waals surface area contributed by atoms with Gasteiger partial charge in [0.1, 0.15) is 0 Å². The van der Waals surface area contributed by atoms with Crippen molar-refractivity contribution < 1.29 is 4.79 Å². The van der Waals surface area contributed by atoms with Crippen molar-refractivity contribution in [1.29, 1.82) is 0 Å². The molecular formula is C23H22N7OPb. The van der Waals surface area contributed by atoms with Crippen LogP contribution in [0.2, 0.25) is 0 Å². The molecule has 1 atom stereocenters. The van der Waals surface area contributed by atoms with Crippen molar-refractivity contribution in [3.05, 3.63) is 66.5 Å². The Hall–Kier alpha value is -3.02. The number of benzene rings is 1. The van der Waals surface area contributed by atoms with Crippen LogP contribution in [0.25, 0.3) is 16.8 Å². The normalized spacial score (nSPS) is 16.3. The van der Waals surface area contributed by atoms with Crippen molar-refractivity contribution in [1.82, 2.24) is 24.5 Å². The fourth-order valence-electron chi connectivity index (χ4n) is 4.09. The van der Waals surface area contributed by atoms with E-state index < -0.39 is 0 Å². The second-order valence-corrected chi connectivity index (χ2v) is 9.72. The second-order valence-electron chi connectivity index (χ2n) is 7.88. The summed E-state index contributed by atoms with van der Waals surface area (Å²) in [6, 6.07) is 15.1. The number of nitrogens with one attached hydrogen (secondary N) is 1. The summed E-state index contributed by atoms with van der Waals surface area (Å²) >= 11 is 0.823. The quantitative estimate of drug-likeness (QED) is 0.268. The number of carbonyl (C=O) groups is 1. The van der Waals surface area contributed by atoms with Gasteiger partial charge in [-0.3, -0.25) is 0 Å². The van der Waals surface area contributed by atoms with Crippen molar-refractivity contribution in [3.8, 4) is 11.3 Å². The number of piperidine rings is 1. The standard InChI is InChI=1S/C23H22N7O.Pb/c24-17-8-6-16(7-9-17)22(31)29-12-3-4-18(15-29)27-23-25-11-10-20(28-23)19-14-26-30-13-2-1-5-21(19)30;/h1-2,5-11,13,18H,3-4,12,15,24H2,(H,25,27,28);. The van der Waals surface area contributed by atoms with Crippen molar-refractivity contribution in [2.75, 3.05) is 24.1 Å². The van der Waals surface area contributed by atoms with Crippen molar-refractivity contribution >= 4 is 52.1 Å². The minimum Gasteiger partial charge on any atom is -0.0384 e. The molecule has 4 heterocycles. The zero-order valence-electron chi connectivity index (χ0n) is 17.4. The van der Waals surface area contributed by atoms with E-state index in [0.717, 1.165) is 65.2 Å². The summed E-state index contributed by atoms with van der Waals surface area (Å²) in [5.74, 6) is 0.601. The van der Waals surface area contributed by atoms with Gasteiger partial charge in [0.15, 0.2) is 0 Å². The summed E-state index contributed by atoms with van der Waals surface area (Å²) in [7, 11) is 0. The Labute approximate surface area is 201 Å². The number of hydrogen-bond acceptors (Lipinski definition) is 6. The van der Waals surface area contributed by atoms with E-state index in [1.54, 1.807) is 30.5 Å². The number of aromatic nitrogens is 4. The van der Waals surface area contributed by atoms with Crippen molar-refractivity contribution in [2.24, 2.45) is 0 Å². The Morgan fingerprint density at radius 3 is 2.84 bits per heavy atom. The number of likely N-dealkylation sites (tertiary alicyclic amines) is 1. The Bertz CT molecular complexity index is 1270. The zero-order valence-corrected chi connectivity index (χ0v) is 21.3. The third kappa shape index (κ3) is 4.18. The topological polar surface area (TPSA) is 101 Å². The number of carbonyl (C=O) groups excluding carboxylic acids is 1. The molecule has 3 radical (unpaired) electrons. The summed E-state index contributed by atoms with van der Waals surface area (Å²) < 4.78 is 2.95. The molecule has 159 valence electrons. The van der Waals surface area contributed by atoms with Gasteiger partial charge in [-0.25, -0.2) is 0 Å². The van der Waals surface area contributed by atoms with Gasteiger partial charge in [0.2, 0.25) is 0 Å². The first-order valence-corrected chi connectivity index (χ1v) is 12.5. The number of nitrogen functional groups attached to an aromatic ring is 1. The van der Waals surface area contributed by atoms with Crippen LogP contribution < -0.4 is 14.3 Å². The first kappa shape index (κ1) is 20.9. The van der Waals surface area contributed by atoms with Gasteiger partial charge >= 0.3 is 179 Å². The Balaban J connectivity index is 1.34. The van der Waals surface area contributed by atoms with E-state index in [1.807, 2.05) is 33.8 Å². The number of amides is 1. The van der Waals surface area contributed by atoms with Gasteiger partial charge in [-0.2, -0.15) is 0 Å². The Kier molecular flexibility index (Phi) is 5.77. The molecule has 1 amide bonds. The molecular weight excluding hydrogens is 598 g/mol. The molecule has 3 N–H and O–H groups in total. The molecule has 8 nitrogen and oxygen atoms in total. The van der Waals surface area contributed by atoms with Gasteiger partial charge in [0.25, 0.3) is 0 Å². The Morgan fingerprint density at radius 2 is 2.00 bits per heavy atom. The fourth-order valence-corrected chi connectivity index (χ4v) is 5.50. The molecule has 3 aromatic heterocycles. The number of nitrogens with zero attached hydrogens (tertiary/aromatic N) is 5. The summed E-state index contributed by atoms with van der Waals surface area (Å²) in [5, 5.41) is 8.09. The first-order valence-electron chi connectivity index (χ1n) is 10.5. The van der Waals surface area contributed by atoms with Crippen LogP contribution in [-0.2, 0) is 0 Å². The van der Waals surface area contributed by atoms with Gasteiger partial charge in [0.05, 0.1) is 0 Å². The number of pyridine rings is 1. The molecule has 1 aliphatic heterocycles. The molecule has 0 bridgehead atoms. The molecule has 1 aliphatic rings. The van der Waals surface area contributed by atoms with Gasteiger partial charge in [-0.15, -0.1) is 0 Å². The predicted octanol–water partition coefficient (Wildman–Crippen LogP) is 1.88. The number of hydrogen-bond donors (Lipinski definition) is 2. The minimum atomic E-state index is 0.0260. The van der Waals surface area contributed by atoms with Gasteiger partial charge in [-0.1, -0.05) is 0 Å². The monoisotopic (exact) mass is 620 g/mol. The number of anilines is 2. The first-order chi connectivity index (χ1) is 15.6. The molecule has 1 fully saturated rings. The summed E-state index contributed by atoms with van der Waals surface area (Å²) in [6.07, 6.45) is 5.62. The average molecular weight is 620 g/mol. The van der Waals surface area contributed by atoms with Crippen LogP contribution in [0, 0.1) is 0 Å². The predicted molar refractivity (Wildman–Crippen MR) is 125 cm³/mol. The third-order valence-corrected chi connectivity index (χ3v) is 7.01. The average Bonchev–Trinajstić information content (AvgIpc) is 3.15. The Morgan fingerprint density at radius 1 is 1.16 bits per heavy atom. The second kappa shape index (κ2) is 8.85. The third-order valence-electron chi connectivity index (χ3n) is 5.65. The van der Waals surface area contributed by atoms with Gasteiger partial charge in [-0.05, 0) is 12.1 Å². The van der Waals surface area contributed by atoms with E-state index in [-0.39, 0.29) is 11.9 Å². The molecule has 1 unspecified atom stereocenters. The van der Waals surface area contributed by atoms with Crippen LogP contribution in [0.1, 0.15) is 23.2 Å². The van der Waals surface area contributed by atoms with Gasteiger partial charge in [0, 0.05) is 5.69 Å². The van der Waals surface area contributed by atoms with Crippen LogP contribution >= 0.6 is 0 Å².